The zero-order chi connectivity index (χ0) is 11.8. The molecule has 0 unspecified atom stereocenters. The maximum Gasteiger partial charge on any atom is 1.00 e. The molecule has 1 aromatic rings. The van der Waals surface area contributed by atoms with Gasteiger partial charge < -0.3 is 0 Å². The van der Waals surface area contributed by atoms with Crippen molar-refractivity contribution >= 4 is 47.7 Å². The normalized spacial score (nSPS) is 10.7. The van der Waals surface area contributed by atoms with Crippen LogP contribution in [0.5, 0.6) is 0 Å². The van der Waals surface area contributed by atoms with Crippen LogP contribution in [-0.4, -0.2) is 17.9 Å². The number of nitro benzene ring substituents is 1. The average molecular weight is 384 g/mol. The molecule has 0 saturated carbocycles. The number of halogens is 2. The average Bonchev–Trinajstić information content (AvgIpc) is 1.99. The minimum Gasteiger partial charge on any atom is -0.282 e. The summed E-state index contributed by atoms with van der Waals surface area (Å²) in [6, 6.07) is 2.28. The predicted molar refractivity (Wildman–Crippen MR) is 58.3 cm³/mol. The number of hydrogen-bond donors (Lipinski definition) is 1. The van der Waals surface area contributed by atoms with Crippen molar-refractivity contribution in [2.24, 2.45) is 0 Å². The Morgan fingerprint density at radius 1 is 1.31 bits per heavy atom. The second-order valence-corrected chi connectivity index (χ2v) is 5.60. The molecular weight excluding hydrogens is 381 g/mol. The van der Waals surface area contributed by atoms with Gasteiger partial charge in [0.2, 0.25) is 0 Å². The number of nitrogens with zero attached hydrogens (tertiary/aromatic N) is 1. The van der Waals surface area contributed by atoms with Crippen LogP contribution in [0, 0.1) is 10.1 Å². The molecule has 0 radical (unpaired) electrons. The van der Waals surface area contributed by atoms with Gasteiger partial charge in [0.1, 0.15) is 0 Å². The van der Waals surface area contributed by atoms with E-state index in [0.29, 0.717) is 4.47 Å². The zero-order valence-electron chi connectivity index (χ0n) is 7.85. The van der Waals surface area contributed by atoms with Gasteiger partial charge in [0.05, 0.1) is 4.92 Å². The Balaban J connectivity index is 0.00000225. The molecule has 16 heavy (non-hydrogen) atoms. The molecule has 0 fully saturated rings. The van der Waals surface area contributed by atoms with Crippen molar-refractivity contribution in [1.82, 2.24) is 0 Å². The summed E-state index contributed by atoms with van der Waals surface area (Å²) >= 11 is 5.80. The molecule has 10 heteroatoms. The summed E-state index contributed by atoms with van der Waals surface area (Å²) < 4.78 is 30.9. The van der Waals surface area contributed by atoms with E-state index in [4.69, 9.17) is 4.55 Å². The van der Waals surface area contributed by atoms with Gasteiger partial charge in [-0.2, -0.15) is 8.42 Å². The molecule has 82 valence electrons. The van der Waals surface area contributed by atoms with Crippen LogP contribution >= 0.6 is 31.9 Å². The molecule has 0 amide bonds. The third-order valence-electron chi connectivity index (χ3n) is 1.44. The van der Waals surface area contributed by atoms with Crippen LogP contribution < -0.4 is 29.6 Å². The van der Waals surface area contributed by atoms with E-state index < -0.39 is 25.6 Å². The molecule has 0 aliphatic heterocycles. The summed E-state index contributed by atoms with van der Waals surface area (Å²) in [6.07, 6.45) is 0. The Labute approximate surface area is 130 Å². The van der Waals surface area contributed by atoms with Gasteiger partial charge in [-0.1, -0.05) is 15.9 Å². The molecule has 1 rings (SSSR count). The Bertz CT molecular complexity index is 532. The minimum atomic E-state index is -4.64. The maximum absolute atomic E-state index is 10.9. The van der Waals surface area contributed by atoms with Gasteiger partial charge in [0.15, 0.2) is 4.90 Å². The summed E-state index contributed by atoms with van der Waals surface area (Å²) in [7, 11) is -4.64. The van der Waals surface area contributed by atoms with Gasteiger partial charge in [-0.25, -0.2) is 0 Å². The Kier molecular flexibility index (Phi) is 6.07. The molecule has 0 bridgehead atoms. The predicted octanol–water partition coefficient (Wildman–Crippen LogP) is -0.630. The van der Waals surface area contributed by atoms with E-state index in [9.17, 15) is 18.5 Å². The van der Waals surface area contributed by atoms with Crippen molar-refractivity contribution in [2.75, 3.05) is 0 Å². The Hall–Kier alpha value is 0.490. The quantitative estimate of drug-likeness (QED) is 0.317. The van der Waals surface area contributed by atoms with Crippen molar-refractivity contribution in [3.8, 4) is 0 Å². The largest absolute Gasteiger partial charge is 1.00 e. The van der Waals surface area contributed by atoms with Gasteiger partial charge in [0, 0.05) is 15.0 Å². The fourth-order valence-electron chi connectivity index (χ4n) is 0.938. The smallest absolute Gasteiger partial charge is 0.282 e. The van der Waals surface area contributed by atoms with Crippen LogP contribution in [-0.2, 0) is 10.1 Å². The van der Waals surface area contributed by atoms with Gasteiger partial charge >= 0.3 is 39.7 Å². The Morgan fingerprint density at radius 2 is 1.81 bits per heavy atom. The zero-order valence-corrected chi connectivity index (χ0v) is 13.8. The first-order chi connectivity index (χ1) is 6.73. The van der Waals surface area contributed by atoms with Crippen molar-refractivity contribution in [3.63, 3.8) is 0 Å². The standard InChI is InChI=1S/C6H3Br2NO5S.Na/c7-3-1-4(8)6(15(12,13)14)5(2-3)9(10)11;/h1-2H,(H,12,13,14);/q;+1. The van der Waals surface area contributed by atoms with Crippen molar-refractivity contribution in [2.45, 2.75) is 4.90 Å². The first kappa shape index (κ1) is 16.5. The minimum absolute atomic E-state index is 0. The van der Waals surface area contributed by atoms with E-state index in [0.717, 1.165) is 6.07 Å². The number of hydrogen-bond acceptors (Lipinski definition) is 4. The van der Waals surface area contributed by atoms with Gasteiger partial charge in [-0.3, -0.25) is 14.7 Å². The first-order valence-electron chi connectivity index (χ1n) is 3.34. The third kappa shape index (κ3) is 3.76. The third-order valence-corrected chi connectivity index (χ3v) is 3.73. The number of nitro groups is 1. The van der Waals surface area contributed by atoms with Gasteiger partial charge in [-0.05, 0) is 22.0 Å². The van der Waals surface area contributed by atoms with E-state index in [-0.39, 0.29) is 34.0 Å². The molecule has 0 aliphatic carbocycles. The molecular formula is C6H3Br2NNaO5S+. The van der Waals surface area contributed by atoms with Crippen molar-refractivity contribution in [1.29, 1.82) is 0 Å². The summed E-state index contributed by atoms with van der Waals surface area (Å²) in [5.74, 6) is 0. The van der Waals surface area contributed by atoms with Crippen LogP contribution in [0.3, 0.4) is 0 Å². The van der Waals surface area contributed by atoms with Crippen molar-refractivity contribution < 1.29 is 47.5 Å². The monoisotopic (exact) mass is 382 g/mol. The van der Waals surface area contributed by atoms with Crippen LogP contribution in [0.25, 0.3) is 0 Å². The van der Waals surface area contributed by atoms with E-state index >= 15 is 0 Å². The van der Waals surface area contributed by atoms with Gasteiger partial charge in [0.25, 0.3) is 5.69 Å². The van der Waals surface area contributed by atoms with Crippen LogP contribution in [0.1, 0.15) is 0 Å². The molecule has 1 aromatic carbocycles. The number of benzene rings is 1. The van der Waals surface area contributed by atoms with Crippen LogP contribution in [0.2, 0.25) is 0 Å². The fraction of sp³-hybridized carbons (Fsp3) is 0. The first-order valence-corrected chi connectivity index (χ1v) is 6.37. The molecule has 0 spiro atoms. The van der Waals surface area contributed by atoms with Crippen molar-refractivity contribution in [3.05, 3.63) is 31.2 Å². The molecule has 1 N–H and O–H groups in total. The van der Waals surface area contributed by atoms with E-state index in [2.05, 4.69) is 31.9 Å². The van der Waals surface area contributed by atoms with E-state index in [1.807, 2.05) is 0 Å². The number of rotatable bonds is 2. The summed E-state index contributed by atoms with van der Waals surface area (Å²) in [5.41, 5.74) is -0.696. The van der Waals surface area contributed by atoms with Gasteiger partial charge in [-0.15, -0.1) is 0 Å². The van der Waals surface area contributed by atoms with Crippen LogP contribution in [0.4, 0.5) is 5.69 Å². The second kappa shape index (κ2) is 5.89. The SMILES string of the molecule is O=[N+]([O-])c1cc(Br)cc(Br)c1S(=O)(=O)O.[Na+]. The Morgan fingerprint density at radius 3 is 2.19 bits per heavy atom. The van der Waals surface area contributed by atoms with Crippen LogP contribution in [0.15, 0.2) is 26.0 Å². The molecule has 0 heterocycles. The molecule has 0 aromatic heterocycles. The molecule has 0 atom stereocenters. The molecule has 6 nitrogen and oxygen atoms in total. The van der Waals surface area contributed by atoms with E-state index in [1.54, 1.807) is 0 Å². The fourth-order valence-corrected chi connectivity index (χ4v) is 3.46. The summed E-state index contributed by atoms with van der Waals surface area (Å²) in [4.78, 5) is 8.92. The molecule has 0 saturated heterocycles. The topological polar surface area (TPSA) is 97.5 Å². The second-order valence-electron chi connectivity index (χ2n) is 2.47. The maximum atomic E-state index is 10.9. The summed E-state index contributed by atoms with van der Waals surface area (Å²) in [6.45, 7) is 0. The molecule has 0 aliphatic rings. The summed E-state index contributed by atoms with van der Waals surface area (Å²) in [5, 5.41) is 10.6. The van der Waals surface area contributed by atoms with E-state index in [1.165, 1.54) is 6.07 Å².